The maximum Gasteiger partial charge on any atom is 0.225 e. The normalized spacial score (nSPS) is 16.4. The van der Waals surface area contributed by atoms with Gasteiger partial charge < -0.3 is 15.4 Å². The number of fused-ring (bicyclic) bond motifs is 1. The number of ether oxygens (including phenoxy) is 1. The summed E-state index contributed by atoms with van der Waals surface area (Å²) in [5.74, 6) is 0.196. The molecule has 2 N–H and O–H groups in total. The summed E-state index contributed by atoms with van der Waals surface area (Å²) in [6.45, 7) is 1.34. The van der Waals surface area contributed by atoms with Crippen molar-refractivity contribution < 1.29 is 9.13 Å². The second-order valence-electron chi connectivity index (χ2n) is 6.15. The molecule has 3 heterocycles. The van der Waals surface area contributed by atoms with E-state index in [1.807, 2.05) is 6.07 Å². The van der Waals surface area contributed by atoms with Crippen LogP contribution in [0.1, 0.15) is 12.0 Å². The van der Waals surface area contributed by atoms with E-state index < -0.39 is 5.82 Å². The Kier molecular flexibility index (Phi) is 4.51. The lowest BCUT2D eigenvalue weighted by atomic mass is 10.2. The van der Waals surface area contributed by atoms with Crippen LogP contribution in [0, 0.1) is 17.1 Å². The maximum absolute atomic E-state index is 14.3. The number of imidazole rings is 1. The van der Waals surface area contributed by atoms with Crippen LogP contribution >= 0.6 is 11.6 Å². The van der Waals surface area contributed by atoms with Gasteiger partial charge in [-0.1, -0.05) is 11.6 Å². The Balaban J connectivity index is 1.65. The van der Waals surface area contributed by atoms with Gasteiger partial charge in [0.1, 0.15) is 11.3 Å². The van der Waals surface area contributed by atoms with E-state index in [1.165, 1.54) is 6.07 Å². The molecule has 0 bridgehead atoms. The van der Waals surface area contributed by atoms with Crippen molar-refractivity contribution in [1.82, 2.24) is 19.5 Å². The molecule has 1 aromatic carbocycles. The van der Waals surface area contributed by atoms with E-state index in [0.29, 0.717) is 29.7 Å². The fraction of sp³-hybridized carbons (Fsp3) is 0.294. The molecule has 1 aliphatic rings. The highest BCUT2D eigenvalue weighted by Crippen LogP contribution is 2.30. The number of hydrogen-bond donors (Lipinski definition) is 2. The summed E-state index contributed by atoms with van der Waals surface area (Å²) in [5.41, 5.74) is 1.33. The smallest absolute Gasteiger partial charge is 0.225 e. The van der Waals surface area contributed by atoms with E-state index in [0.717, 1.165) is 19.1 Å². The highest BCUT2D eigenvalue weighted by atomic mass is 35.5. The lowest BCUT2D eigenvalue weighted by Gasteiger charge is -2.10. The van der Waals surface area contributed by atoms with Crippen LogP contribution in [0.5, 0.6) is 0 Å². The van der Waals surface area contributed by atoms with Crippen molar-refractivity contribution in [2.24, 2.45) is 7.05 Å². The van der Waals surface area contributed by atoms with Crippen molar-refractivity contribution in [3.05, 3.63) is 34.7 Å². The quantitative estimate of drug-likeness (QED) is 0.709. The monoisotopic (exact) mass is 387 g/mol. The number of nitriles is 1. The summed E-state index contributed by atoms with van der Waals surface area (Å²) < 4.78 is 21.3. The van der Waals surface area contributed by atoms with E-state index in [4.69, 9.17) is 21.6 Å². The molecule has 27 heavy (non-hydrogen) atoms. The van der Waals surface area contributed by atoms with Crippen LogP contribution in [0.25, 0.3) is 11.2 Å². The molecular weight excluding hydrogens is 373 g/mol. The average Bonchev–Trinajstić information content (AvgIpc) is 3.26. The molecule has 1 aliphatic heterocycles. The first kappa shape index (κ1) is 17.5. The van der Waals surface area contributed by atoms with Crippen LogP contribution < -0.4 is 10.6 Å². The first-order valence-corrected chi connectivity index (χ1v) is 8.63. The third-order valence-corrected chi connectivity index (χ3v) is 4.58. The molecule has 2 aromatic heterocycles. The highest BCUT2D eigenvalue weighted by molar-refractivity contribution is 6.33. The Morgan fingerprint density at radius 2 is 2.26 bits per heavy atom. The van der Waals surface area contributed by atoms with Crippen molar-refractivity contribution >= 4 is 40.3 Å². The minimum atomic E-state index is -0.638. The third kappa shape index (κ3) is 3.37. The van der Waals surface area contributed by atoms with Gasteiger partial charge in [0, 0.05) is 13.7 Å². The molecule has 0 unspecified atom stereocenters. The predicted octanol–water partition coefficient (Wildman–Crippen LogP) is 2.97. The Bertz CT molecular complexity index is 1030. The molecule has 4 rings (SSSR count). The van der Waals surface area contributed by atoms with Crippen LogP contribution in [-0.2, 0) is 11.8 Å². The lowest BCUT2D eigenvalue weighted by molar-refractivity contribution is 0.195. The highest BCUT2D eigenvalue weighted by Gasteiger charge is 2.18. The maximum atomic E-state index is 14.3. The summed E-state index contributed by atoms with van der Waals surface area (Å²) in [6, 6.07) is 4.54. The van der Waals surface area contributed by atoms with Crippen LogP contribution in [0.3, 0.4) is 0 Å². The zero-order valence-corrected chi connectivity index (χ0v) is 15.1. The van der Waals surface area contributed by atoms with Crippen LogP contribution in [-0.4, -0.2) is 38.8 Å². The third-order valence-electron chi connectivity index (χ3n) is 4.28. The van der Waals surface area contributed by atoms with Crippen LogP contribution in [0.15, 0.2) is 18.3 Å². The van der Waals surface area contributed by atoms with Gasteiger partial charge in [-0.2, -0.15) is 10.2 Å². The van der Waals surface area contributed by atoms with Crippen molar-refractivity contribution in [2.75, 3.05) is 23.8 Å². The number of nitrogens with zero attached hydrogens (tertiary/aromatic N) is 5. The Hall–Kier alpha value is -2.96. The van der Waals surface area contributed by atoms with E-state index in [-0.39, 0.29) is 22.3 Å². The average molecular weight is 388 g/mol. The van der Waals surface area contributed by atoms with Crippen molar-refractivity contribution in [1.29, 1.82) is 5.26 Å². The first-order valence-electron chi connectivity index (χ1n) is 8.25. The number of hydrogen-bond acceptors (Lipinski definition) is 7. The van der Waals surface area contributed by atoms with Gasteiger partial charge in [0.25, 0.3) is 0 Å². The van der Waals surface area contributed by atoms with E-state index >= 15 is 0 Å². The van der Waals surface area contributed by atoms with Gasteiger partial charge in [0.05, 0.1) is 41.2 Å². The molecule has 10 heteroatoms. The Morgan fingerprint density at radius 3 is 2.96 bits per heavy atom. The first-order chi connectivity index (χ1) is 13.0. The van der Waals surface area contributed by atoms with E-state index in [2.05, 4.69) is 25.6 Å². The molecule has 0 saturated carbocycles. The molecular formula is C17H15ClFN7O. The zero-order chi connectivity index (χ0) is 19.0. The molecule has 0 radical (unpaired) electrons. The van der Waals surface area contributed by atoms with Crippen LogP contribution in [0.2, 0.25) is 5.02 Å². The fourth-order valence-corrected chi connectivity index (χ4v) is 3.12. The minimum Gasteiger partial charge on any atom is -0.379 e. The molecule has 0 amide bonds. The summed E-state index contributed by atoms with van der Waals surface area (Å²) in [5, 5.41) is 15.1. The number of nitrogens with one attached hydrogen (secondary N) is 2. The second-order valence-corrected chi connectivity index (χ2v) is 6.56. The molecule has 8 nitrogen and oxygen atoms in total. The number of halogens is 2. The minimum absolute atomic E-state index is 0.0449. The van der Waals surface area contributed by atoms with Gasteiger partial charge in [0.2, 0.25) is 11.9 Å². The largest absolute Gasteiger partial charge is 0.379 e. The van der Waals surface area contributed by atoms with Gasteiger partial charge in [-0.05, 0) is 18.6 Å². The Labute approximate surface area is 159 Å². The van der Waals surface area contributed by atoms with E-state index in [1.54, 1.807) is 17.8 Å². The van der Waals surface area contributed by atoms with E-state index in [9.17, 15) is 4.39 Å². The molecule has 138 valence electrons. The van der Waals surface area contributed by atoms with Gasteiger partial charge in [-0.3, -0.25) is 4.57 Å². The standard InChI is InChI=1S/C17H15ClFN7O/c1-26-15-13(7-21-16(25-15)22-10-2-3-27-8-10)23-17(26)24-14-11(18)4-9(6-20)5-12(14)19/h4-5,7,10H,2-3,8H2,1H3,(H,23,24)(H,21,22,25)/t10-/m1/s1. The number of rotatable bonds is 4. The molecule has 3 aromatic rings. The molecule has 1 saturated heterocycles. The Morgan fingerprint density at radius 1 is 1.41 bits per heavy atom. The van der Waals surface area contributed by atoms with Gasteiger partial charge in [-0.25, -0.2) is 14.4 Å². The summed E-state index contributed by atoms with van der Waals surface area (Å²) in [7, 11) is 1.75. The fourth-order valence-electron chi connectivity index (χ4n) is 2.86. The molecule has 1 fully saturated rings. The lowest BCUT2D eigenvalue weighted by Crippen LogP contribution is -2.20. The number of aryl methyl sites for hydroxylation is 1. The summed E-state index contributed by atoms with van der Waals surface area (Å²) in [4.78, 5) is 13.1. The molecule has 0 aliphatic carbocycles. The number of aromatic nitrogens is 4. The number of anilines is 3. The number of benzene rings is 1. The predicted molar refractivity (Wildman–Crippen MR) is 98.6 cm³/mol. The van der Waals surface area contributed by atoms with Crippen molar-refractivity contribution in [2.45, 2.75) is 12.5 Å². The summed E-state index contributed by atoms with van der Waals surface area (Å²) in [6.07, 6.45) is 2.50. The SMILES string of the molecule is Cn1c(Nc2c(F)cc(C#N)cc2Cl)nc2cnc(N[C@@H]3CCOC3)nc21. The van der Waals surface area contributed by atoms with Gasteiger partial charge in [-0.15, -0.1) is 0 Å². The zero-order valence-electron chi connectivity index (χ0n) is 14.3. The van der Waals surface area contributed by atoms with Crippen molar-refractivity contribution in [3.8, 4) is 6.07 Å². The molecule has 1 atom stereocenters. The van der Waals surface area contributed by atoms with Gasteiger partial charge >= 0.3 is 0 Å². The van der Waals surface area contributed by atoms with Crippen molar-refractivity contribution in [3.63, 3.8) is 0 Å². The molecule has 0 spiro atoms. The van der Waals surface area contributed by atoms with Gasteiger partial charge in [0.15, 0.2) is 5.65 Å². The second kappa shape index (κ2) is 6.98. The van der Waals surface area contributed by atoms with Crippen LogP contribution in [0.4, 0.5) is 22.0 Å². The summed E-state index contributed by atoms with van der Waals surface area (Å²) >= 11 is 6.09. The topological polar surface area (TPSA) is 101 Å².